The van der Waals surface area contributed by atoms with Crippen LogP contribution in [-0.4, -0.2) is 43.6 Å². The first-order valence-corrected chi connectivity index (χ1v) is 8.53. The first-order valence-electron chi connectivity index (χ1n) is 8.53. The van der Waals surface area contributed by atoms with Crippen LogP contribution in [0.2, 0.25) is 0 Å². The molecule has 2 N–H and O–H groups in total. The topological polar surface area (TPSA) is 93.7 Å². The van der Waals surface area contributed by atoms with Crippen molar-refractivity contribution in [2.75, 3.05) is 19.8 Å². The molecular weight excluding hydrogens is 336 g/mol. The molecule has 0 bridgehead atoms. The van der Waals surface area contributed by atoms with E-state index in [0.29, 0.717) is 5.75 Å². The number of nitrogens with one attached hydrogen (secondary N) is 2. The number of carbonyl (C=O) groups excluding carboxylic acids is 3. The summed E-state index contributed by atoms with van der Waals surface area (Å²) in [4.78, 5) is 34.8. The van der Waals surface area contributed by atoms with Gasteiger partial charge in [-0.1, -0.05) is 39.0 Å². The monoisotopic (exact) mass is 364 g/mol. The average molecular weight is 364 g/mol. The number of hydrogen-bond acceptors (Lipinski definition) is 5. The molecule has 0 radical (unpaired) electrons. The van der Waals surface area contributed by atoms with Crippen molar-refractivity contribution in [2.24, 2.45) is 0 Å². The van der Waals surface area contributed by atoms with E-state index in [9.17, 15) is 14.4 Å². The van der Waals surface area contributed by atoms with Gasteiger partial charge in [-0.15, -0.1) is 0 Å². The minimum absolute atomic E-state index is 0.00893. The maximum Gasteiger partial charge on any atom is 0.344 e. The van der Waals surface area contributed by atoms with Gasteiger partial charge in [-0.05, 0) is 30.9 Å². The van der Waals surface area contributed by atoms with E-state index >= 15 is 0 Å². The van der Waals surface area contributed by atoms with Crippen LogP contribution in [0.3, 0.4) is 0 Å². The number of esters is 1. The highest BCUT2D eigenvalue weighted by atomic mass is 16.6. The smallest absolute Gasteiger partial charge is 0.344 e. The summed E-state index contributed by atoms with van der Waals surface area (Å²) in [5.41, 5.74) is 0.846. The van der Waals surface area contributed by atoms with Gasteiger partial charge in [-0.3, -0.25) is 9.59 Å². The summed E-state index contributed by atoms with van der Waals surface area (Å²) in [7, 11) is 0. The lowest BCUT2D eigenvalue weighted by Gasteiger charge is -2.22. The van der Waals surface area contributed by atoms with Crippen molar-refractivity contribution in [3.05, 3.63) is 29.8 Å². The molecule has 0 saturated carbocycles. The maximum atomic E-state index is 11.8. The Bertz CT molecular complexity index is 635. The number of para-hydroxylation sites is 1. The Balaban J connectivity index is 2.38. The number of rotatable bonds is 8. The van der Waals surface area contributed by atoms with Gasteiger partial charge in [-0.2, -0.15) is 0 Å². The molecule has 0 aliphatic carbocycles. The molecule has 7 heteroatoms. The predicted molar refractivity (Wildman–Crippen MR) is 97.9 cm³/mol. The zero-order valence-electron chi connectivity index (χ0n) is 16.0. The molecule has 1 rings (SSSR count). The molecule has 1 aromatic carbocycles. The second-order valence-electron chi connectivity index (χ2n) is 7.19. The van der Waals surface area contributed by atoms with E-state index in [-0.39, 0.29) is 30.5 Å². The molecule has 0 atom stereocenters. The fourth-order valence-electron chi connectivity index (χ4n) is 2.14. The van der Waals surface area contributed by atoms with Crippen LogP contribution in [-0.2, 0) is 24.5 Å². The number of hydrogen-bond donors (Lipinski definition) is 2. The Kier molecular flexibility index (Phi) is 8.09. The summed E-state index contributed by atoms with van der Waals surface area (Å²) in [5.74, 6) is -0.906. The summed E-state index contributed by atoms with van der Waals surface area (Å²) in [6.07, 6.45) is 0. The molecule has 0 heterocycles. The van der Waals surface area contributed by atoms with Gasteiger partial charge >= 0.3 is 5.97 Å². The van der Waals surface area contributed by atoms with Crippen molar-refractivity contribution >= 4 is 17.8 Å². The predicted octanol–water partition coefficient (Wildman–Crippen LogP) is 1.55. The minimum atomic E-state index is -0.657. The van der Waals surface area contributed by atoms with Gasteiger partial charge in [0.2, 0.25) is 5.91 Å². The zero-order valence-corrected chi connectivity index (χ0v) is 16.0. The van der Waals surface area contributed by atoms with Gasteiger partial charge < -0.3 is 20.1 Å². The molecule has 0 aliphatic rings. The third kappa shape index (κ3) is 8.00. The van der Waals surface area contributed by atoms with E-state index in [1.54, 1.807) is 6.07 Å². The second kappa shape index (κ2) is 9.79. The molecule has 0 saturated heterocycles. The first kappa shape index (κ1) is 21.5. The highest BCUT2D eigenvalue weighted by Crippen LogP contribution is 2.30. The van der Waals surface area contributed by atoms with Gasteiger partial charge in [0, 0.05) is 6.04 Å². The highest BCUT2D eigenvalue weighted by Gasteiger charge is 2.19. The van der Waals surface area contributed by atoms with E-state index in [1.807, 2.05) is 52.8 Å². The van der Waals surface area contributed by atoms with Gasteiger partial charge in [-0.25, -0.2) is 4.79 Å². The Morgan fingerprint density at radius 3 is 2.31 bits per heavy atom. The number of amides is 2. The summed E-state index contributed by atoms with van der Waals surface area (Å²) in [5, 5.41) is 5.01. The maximum absolute atomic E-state index is 11.8. The Morgan fingerprint density at radius 2 is 1.69 bits per heavy atom. The molecule has 0 unspecified atom stereocenters. The van der Waals surface area contributed by atoms with E-state index in [4.69, 9.17) is 9.47 Å². The second-order valence-corrected chi connectivity index (χ2v) is 7.19. The van der Waals surface area contributed by atoms with Crippen LogP contribution in [0.1, 0.15) is 40.2 Å². The van der Waals surface area contributed by atoms with E-state index < -0.39 is 18.5 Å². The van der Waals surface area contributed by atoms with E-state index in [2.05, 4.69) is 10.6 Å². The average Bonchev–Trinajstić information content (AvgIpc) is 2.55. The number of carbonyl (C=O) groups is 3. The quantitative estimate of drug-likeness (QED) is 0.683. The van der Waals surface area contributed by atoms with E-state index in [0.717, 1.165) is 5.56 Å². The highest BCUT2D eigenvalue weighted by molar-refractivity contribution is 5.86. The fourth-order valence-corrected chi connectivity index (χ4v) is 2.14. The van der Waals surface area contributed by atoms with Gasteiger partial charge in [0.1, 0.15) is 5.75 Å². The van der Waals surface area contributed by atoms with Crippen LogP contribution in [0.15, 0.2) is 24.3 Å². The van der Waals surface area contributed by atoms with Crippen LogP contribution in [0.5, 0.6) is 5.75 Å². The Hall–Kier alpha value is -2.57. The van der Waals surface area contributed by atoms with Gasteiger partial charge in [0.25, 0.3) is 5.91 Å². The van der Waals surface area contributed by atoms with Gasteiger partial charge in [0.05, 0.1) is 6.54 Å². The number of ether oxygens (including phenoxy) is 2. The van der Waals surface area contributed by atoms with Gasteiger partial charge in [0.15, 0.2) is 13.2 Å². The summed E-state index contributed by atoms with van der Waals surface area (Å²) in [6.45, 7) is 8.86. The molecule has 7 nitrogen and oxygen atoms in total. The molecule has 0 aliphatic heterocycles. The van der Waals surface area contributed by atoms with Crippen LogP contribution in [0.4, 0.5) is 0 Å². The Morgan fingerprint density at radius 1 is 1.04 bits per heavy atom. The molecule has 0 spiro atoms. The third-order valence-corrected chi connectivity index (χ3v) is 3.30. The summed E-state index contributed by atoms with van der Waals surface area (Å²) < 4.78 is 10.4. The largest absolute Gasteiger partial charge is 0.482 e. The van der Waals surface area contributed by atoms with Crippen molar-refractivity contribution in [1.29, 1.82) is 0 Å². The molecule has 2 amide bonds. The van der Waals surface area contributed by atoms with Crippen molar-refractivity contribution in [3.8, 4) is 5.75 Å². The number of benzene rings is 1. The normalized spacial score (nSPS) is 11.0. The molecule has 1 aromatic rings. The first-order chi connectivity index (χ1) is 12.1. The van der Waals surface area contributed by atoms with Crippen molar-refractivity contribution in [2.45, 2.75) is 46.1 Å². The summed E-state index contributed by atoms with van der Waals surface area (Å²) >= 11 is 0. The summed E-state index contributed by atoms with van der Waals surface area (Å²) in [6, 6.07) is 7.45. The molecule has 144 valence electrons. The molecule has 0 fully saturated rings. The van der Waals surface area contributed by atoms with Crippen molar-refractivity contribution in [1.82, 2.24) is 10.6 Å². The van der Waals surface area contributed by atoms with Crippen molar-refractivity contribution < 1.29 is 23.9 Å². The lowest BCUT2D eigenvalue weighted by molar-refractivity contribution is -0.150. The Labute approximate surface area is 154 Å². The molecule has 26 heavy (non-hydrogen) atoms. The van der Waals surface area contributed by atoms with Crippen LogP contribution >= 0.6 is 0 Å². The minimum Gasteiger partial charge on any atom is -0.482 e. The third-order valence-electron chi connectivity index (χ3n) is 3.30. The lowest BCUT2D eigenvalue weighted by atomic mass is 9.86. The van der Waals surface area contributed by atoms with Crippen LogP contribution < -0.4 is 15.4 Å². The molecule has 0 aromatic heterocycles. The van der Waals surface area contributed by atoms with E-state index in [1.165, 1.54) is 0 Å². The zero-order chi connectivity index (χ0) is 19.7. The fraction of sp³-hybridized carbons (Fsp3) is 0.526. The van der Waals surface area contributed by atoms with Crippen LogP contribution in [0.25, 0.3) is 0 Å². The van der Waals surface area contributed by atoms with Crippen LogP contribution in [0, 0.1) is 0 Å². The SMILES string of the molecule is CC(C)NC(=O)CNC(=O)COC(=O)COc1ccccc1C(C)(C)C. The molecular formula is C19H28N2O5. The standard InChI is InChI=1S/C19H28N2O5/c1-13(2)21-16(22)10-20-17(23)11-26-18(24)12-25-15-9-7-6-8-14(15)19(3,4)5/h6-9,13H,10-12H2,1-5H3,(H,20,23)(H,21,22). The van der Waals surface area contributed by atoms with Crippen molar-refractivity contribution in [3.63, 3.8) is 0 Å². The lowest BCUT2D eigenvalue weighted by Crippen LogP contribution is -2.41.